The third kappa shape index (κ3) is 5.24. The normalized spacial score (nSPS) is 10.7. The minimum atomic E-state index is -0.0834. The Balaban J connectivity index is 1.50. The van der Waals surface area contributed by atoms with Gasteiger partial charge in [0.1, 0.15) is 12.1 Å². The highest BCUT2D eigenvalue weighted by Gasteiger charge is 2.09. The first-order chi connectivity index (χ1) is 13.6. The van der Waals surface area contributed by atoms with E-state index < -0.39 is 0 Å². The molecule has 28 heavy (non-hydrogen) atoms. The zero-order valence-electron chi connectivity index (χ0n) is 15.4. The summed E-state index contributed by atoms with van der Waals surface area (Å²) in [5, 5.41) is 12.0. The Morgan fingerprint density at radius 1 is 1.21 bits per heavy atom. The number of hydrogen-bond acceptors (Lipinski definition) is 4. The summed E-state index contributed by atoms with van der Waals surface area (Å²) in [6.07, 6.45) is 2.59. The van der Waals surface area contributed by atoms with Gasteiger partial charge in [-0.1, -0.05) is 35.3 Å². The molecule has 0 aliphatic rings. The Kier molecular flexibility index (Phi) is 6.90. The monoisotopic (exact) mass is 418 g/mol. The fourth-order valence-electron chi connectivity index (χ4n) is 2.68. The largest absolute Gasteiger partial charge is 0.492 e. The standard InChI is InChI=1S/C20H20Cl2N4O2/c1-2-26-13-23-25-20(26)14-5-3-6-16(11-14)24-19(27)7-4-10-28-18-9-8-15(21)12-17(18)22/h3,5-6,8-9,11-13H,2,4,7,10H2,1H3,(H,24,27). The lowest BCUT2D eigenvalue weighted by Crippen LogP contribution is -2.13. The SMILES string of the molecule is CCn1cnnc1-c1cccc(NC(=O)CCCOc2ccc(Cl)cc2Cl)c1. The second-order valence-corrected chi connectivity index (χ2v) is 6.94. The molecular weight excluding hydrogens is 399 g/mol. The number of halogens is 2. The van der Waals surface area contributed by atoms with Gasteiger partial charge in [-0.05, 0) is 43.7 Å². The van der Waals surface area contributed by atoms with Crippen LogP contribution in [0.25, 0.3) is 11.4 Å². The molecule has 0 aliphatic heterocycles. The van der Waals surface area contributed by atoms with Crippen molar-refractivity contribution in [2.45, 2.75) is 26.3 Å². The van der Waals surface area contributed by atoms with Crippen molar-refractivity contribution in [2.24, 2.45) is 0 Å². The van der Waals surface area contributed by atoms with Crippen molar-refractivity contribution >= 4 is 34.8 Å². The van der Waals surface area contributed by atoms with Crippen LogP contribution in [0.2, 0.25) is 10.0 Å². The molecule has 3 rings (SSSR count). The quantitative estimate of drug-likeness (QED) is 0.518. The molecule has 2 aromatic carbocycles. The summed E-state index contributed by atoms with van der Waals surface area (Å²) in [5.74, 6) is 1.24. The van der Waals surface area contributed by atoms with Crippen LogP contribution < -0.4 is 10.1 Å². The van der Waals surface area contributed by atoms with Crippen LogP contribution >= 0.6 is 23.2 Å². The van der Waals surface area contributed by atoms with Crippen LogP contribution in [0.1, 0.15) is 19.8 Å². The van der Waals surface area contributed by atoms with E-state index >= 15 is 0 Å². The second kappa shape index (κ2) is 9.57. The number of ether oxygens (including phenoxy) is 1. The first-order valence-corrected chi connectivity index (χ1v) is 9.68. The van der Waals surface area contributed by atoms with Crippen LogP contribution in [0.3, 0.4) is 0 Å². The maximum absolute atomic E-state index is 12.2. The maximum atomic E-state index is 12.2. The number of nitrogens with zero attached hydrogens (tertiary/aromatic N) is 3. The summed E-state index contributed by atoms with van der Waals surface area (Å²) in [6, 6.07) is 12.6. The van der Waals surface area contributed by atoms with Crippen LogP contribution in [0.4, 0.5) is 5.69 Å². The fraction of sp³-hybridized carbons (Fsp3) is 0.250. The predicted molar refractivity (Wildman–Crippen MR) is 111 cm³/mol. The molecule has 0 aliphatic carbocycles. The van der Waals surface area contributed by atoms with Crippen LogP contribution in [0, 0.1) is 0 Å². The van der Waals surface area contributed by atoms with Gasteiger partial charge in [-0.15, -0.1) is 10.2 Å². The molecule has 0 fully saturated rings. The highest BCUT2D eigenvalue weighted by atomic mass is 35.5. The van der Waals surface area contributed by atoms with Gasteiger partial charge in [-0.2, -0.15) is 0 Å². The van der Waals surface area contributed by atoms with E-state index in [0.29, 0.717) is 35.2 Å². The Morgan fingerprint density at radius 3 is 2.86 bits per heavy atom. The Bertz CT molecular complexity index is 959. The van der Waals surface area contributed by atoms with Crippen LogP contribution in [-0.2, 0) is 11.3 Å². The Labute approximate surface area is 173 Å². The number of anilines is 1. The van der Waals surface area contributed by atoms with E-state index in [9.17, 15) is 4.79 Å². The molecule has 1 aromatic heterocycles. The van der Waals surface area contributed by atoms with Gasteiger partial charge in [-0.25, -0.2) is 0 Å². The highest BCUT2D eigenvalue weighted by molar-refractivity contribution is 6.35. The lowest BCUT2D eigenvalue weighted by Gasteiger charge is -2.09. The van der Waals surface area contributed by atoms with Crippen LogP contribution in [-0.4, -0.2) is 27.3 Å². The molecule has 0 bridgehead atoms. The Hall–Kier alpha value is -2.57. The van der Waals surface area contributed by atoms with E-state index in [1.54, 1.807) is 24.5 Å². The van der Waals surface area contributed by atoms with Crippen molar-refractivity contribution in [3.63, 3.8) is 0 Å². The average molecular weight is 419 g/mol. The van der Waals surface area contributed by atoms with Crippen molar-refractivity contribution in [3.05, 3.63) is 58.8 Å². The van der Waals surface area contributed by atoms with Gasteiger partial charge in [0.05, 0.1) is 11.6 Å². The molecule has 0 radical (unpaired) electrons. The predicted octanol–water partition coefficient (Wildman–Crippen LogP) is 5.07. The number of carbonyl (C=O) groups excluding carboxylic acids is 1. The number of rotatable bonds is 8. The Morgan fingerprint density at radius 2 is 2.07 bits per heavy atom. The van der Waals surface area contributed by atoms with Crippen molar-refractivity contribution < 1.29 is 9.53 Å². The summed E-state index contributed by atoms with van der Waals surface area (Å²) >= 11 is 11.9. The van der Waals surface area contributed by atoms with Gasteiger partial charge < -0.3 is 14.6 Å². The molecule has 0 atom stereocenters. The van der Waals surface area contributed by atoms with E-state index in [1.807, 2.05) is 35.8 Å². The third-order valence-electron chi connectivity index (χ3n) is 4.06. The number of hydrogen-bond donors (Lipinski definition) is 1. The molecule has 0 saturated heterocycles. The van der Waals surface area contributed by atoms with Gasteiger partial charge in [0.25, 0.3) is 0 Å². The molecule has 0 unspecified atom stereocenters. The summed E-state index contributed by atoms with van der Waals surface area (Å²) in [4.78, 5) is 12.2. The van der Waals surface area contributed by atoms with E-state index in [1.165, 1.54) is 0 Å². The minimum absolute atomic E-state index is 0.0834. The van der Waals surface area contributed by atoms with Crippen molar-refractivity contribution in [1.29, 1.82) is 0 Å². The van der Waals surface area contributed by atoms with E-state index in [4.69, 9.17) is 27.9 Å². The lowest BCUT2D eigenvalue weighted by molar-refractivity contribution is -0.116. The number of carbonyl (C=O) groups is 1. The molecule has 0 saturated carbocycles. The van der Waals surface area contributed by atoms with Gasteiger partial charge in [0, 0.05) is 29.2 Å². The maximum Gasteiger partial charge on any atom is 0.224 e. The second-order valence-electron chi connectivity index (χ2n) is 6.10. The lowest BCUT2D eigenvalue weighted by atomic mass is 10.2. The van der Waals surface area contributed by atoms with E-state index in [2.05, 4.69) is 15.5 Å². The van der Waals surface area contributed by atoms with Gasteiger partial charge in [-0.3, -0.25) is 4.79 Å². The zero-order chi connectivity index (χ0) is 19.9. The molecule has 3 aromatic rings. The van der Waals surface area contributed by atoms with Gasteiger partial charge in [0.15, 0.2) is 5.82 Å². The summed E-state index contributed by atoms with van der Waals surface area (Å²) in [7, 11) is 0. The molecule has 0 spiro atoms. The molecule has 6 nitrogen and oxygen atoms in total. The first-order valence-electron chi connectivity index (χ1n) is 8.92. The average Bonchev–Trinajstić information content (AvgIpc) is 3.15. The smallest absolute Gasteiger partial charge is 0.224 e. The van der Waals surface area contributed by atoms with Crippen LogP contribution in [0.5, 0.6) is 5.75 Å². The number of amides is 1. The first kappa shape index (κ1) is 20.2. The van der Waals surface area contributed by atoms with Gasteiger partial charge in [0.2, 0.25) is 5.91 Å². The molecule has 1 heterocycles. The molecule has 8 heteroatoms. The topological polar surface area (TPSA) is 69.0 Å². The minimum Gasteiger partial charge on any atom is -0.492 e. The highest BCUT2D eigenvalue weighted by Crippen LogP contribution is 2.27. The summed E-state index contributed by atoms with van der Waals surface area (Å²) < 4.78 is 7.54. The molecular formula is C20H20Cl2N4O2. The summed E-state index contributed by atoms with van der Waals surface area (Å²) in [5.41, 5.74) is 1.62. The number of aromatic nitrogens is 3. The third-order valence-corrected chi connectivity index (χ3v) is 4.59. The summed E-state index contributed by atoms with van der Waals surface area (Å²) in [6.45, 7) is 3.18. The molecule has 1 N–H and O–H groups in total. The van der Waals surface area contributed by atoms with Gasteiger partial charge >= 0.3 is 0 Å². The number of nitrogens with one attached hydrogen (secondary N) is 1. The van der Waals surface area contributed by atoms with E-state index in [0.717, 1.165) is 23.6 Å². The van der Waals surface area contributed by atoms with Crippen LogP contribution in [0.15, 0.2) is 48.8 Å². The molecule has 146 valence electrons. The van der Waals surface area contributed by atoms with Crippen molar-refractivity contribution in [1.82, 2.24) is 14.8 Å². The molecule has 1 amide bonds. The van der Waals surface area contributed by atoms with E-state index in [-0.39, 0.29) is 5.91 Å². The number of aryl methyl sites for hydroxylation is 1. The fourth-order valence-corrected chi connectivity index (χ4v) is 3.14. The number of benzene rings is 2. The zero-order valence-corrected chi connectivity index (χ0v) is 16.9. The van der Waals surface area contributed by atoms with Crippen molar-refractivity contribution in [2.75, 3.05) is 11.9 Å². The van der Waals surface area contributed by atoms with Crippen molar-refractivity contribution in [3.8, 4) is 17.1 Å².